The molecule has 2 N–H and O–H groups in total. The van der Waals surface area contributed by atoms with Crippen molar-refractivity contribution in [2.45, 2.75) is 6.42 Å². The number of carboxylic acid groups (broad SMARTS) is 1. The molecule has 30 heavy (non-hydrogen) atoms. The number of likely N-dealkylation sites (N-methyl/N-ethyl adjacent to an activating group) is 1. The molecule has 3 heterocycles. The maximum atomic E-state index is 14.4. The number of carbonyl (C=O) groups is 1. The van der Waals surface area contributed by atoms with E-state index >= 15 is 0 Å². The number of hydrogen-bond acceptors (Lipinski definition) is 5. The van der Waals surface area contributed by atoms with Gasteiger partial charge in [0.05, 0.1) is 18.0 Å². The van der Waals surface area contributed by atoms with Crippen LogP contribution in [0.3, 0.4) is 0 Å². The molecule has 6 nitrogen and oxygen atoms in total. The Morgan fingerprint density at radius 3 is 2.83 bits per heavy atom. The molecule has 1 aromatic carbocycles. The largest absolute Gasteiger partial charge is 0.480 e. The van der Waals surface area contributed by atoms with E-state index < -0.39 is 17.6 Å². The summed E-state index contributed by atoms with van der Waals surface area (Å²) in [5.74, 6) is -1.82. The van der Waals surface area contributed by atoms with Crippen molar-refractivity contribution in [3.8, 4) is 0 Å². The van der Waals surface area contributed by atoms with Gasteiger partial charge in [-0.15, -0.1) is 0 Å². The van der Waals surface area contributed by atoms with Crippen LogP contribution in [0, 0.1) is 5.82 Å². The maximum absolute atomic E-state index is 14.4. The number of rotatable bonds is 3. The molecule has 8 heteroatoms. The predicted octanol–water partition coefficient (Wildman–Crippen LogP) is 2.71. The molecule has 1 aromatic rings. The SMILES string of the molecule is CN1C=C2C(=C(C3=CCN(CC(=O)O)CC3)C1)NN=C1C=C(F)c3cc(F)cc2c31. The fourth-order valence-corrected chi connectivity index (χ4v) is 4.49. The first-order valence-corrected chi connectivity index (χ1v) is 9.75. The first-order valence-electron chi connectivity index (χ1n) is 9.75. The second kappa shape index (κ2) is 6.91. The zero-order valence-electron chi connectivity index (χ0n) is 16.4. The molecule has 0 aromatic heterocycles. The molecule has 0 unspecified atom stereocenters. The zero-order valence-corrected chi connectivity index (χ0v) is 16.4. The van der Waals surface area contributed by atoms with Gasteiger partial charge in [0.15, 0.2) is 0 Å². The molecule has 4 aliphatic rings. The van der Waals surface area contributed by atoms with Crippen LogP contribution in [0.15, 0.2) is 52.4 Å². The highest BCUT2D eigenvalue weighted by atomic mass is 19.1. The third-order valence-electron chi connectivity index (χ3n) is 5.83. The van der Waals surface area contributed by atoms with Crippen molar-refractivity contribution in [3.05, 3.63) is 69.8 Å². The fourth-order valence-electron chi connectivity index (χ4n) is 4.49. The van der Waals surface area contributed by atoms with Gasteiger partial charge in [-0.1, -0.05) is 6.08 Å². The summed E-state index contributed by atoms with van der Waals surface area (Å²) >= 11 is 0. The van der Waals surface area contributed by atoms with Gasteiger partial charge in [-0.2, -0.15) is 5.10 Å². The van der Waals surface area contributed by atoms with Gasteiger partial charge < -0.3 is 10.0 Å². The van der Waals surface area contributed by atoms with Crippen molar-refractivity contribution < 1.29 is 18.7 Å². The molecule has 0 atom stereocenters. The van der Waals surface area contributed by atoms with Crippen LogP contribution in [0.4, 0.5) is 8.78 Å². The van der Waals surface area contributed by atoms with Gasteiger partial charge in [-0.25, -0.2) is 8.78 Å². The third kappa shape index (κ3) is 3.04. The van der Waals surface area contributed by atoms with E-state index in [-0.39, 0.29) is 12.1 Å². The van der Waals surface area contributed by atoms with Crippen molar-refractivity contribution in [3.63, 3.8) is 0 Å². The Kier molecular flexibility index (Phi) is 4.32. The summed E-state index contributed by atoms with van der Waals surface area (Å²) in [6, 6.07) is 2.64. The Morgan fingerprint density at radius 1 is 1.30 bits per heavy atom. The van der Waals surface area contributed by atoms with Gasteiger partial charge in [-0.3, -0.25) is 15.1 Å². The second-order valence-corrected chi connectivity index (χ2v) is 7.90. The fraction of sp³-hybridized carbons (Fsp3) is 0.273. The summed E-state index contributed by atoms with van der Waals surface area (Å²) in [6.45, 7) is 1.86. The summed E-state index contributed by atoms with van der Waals surface area (Å²) in [6.07, 6.45) is 6.01. The van der Waals surface area contributed by atoms with Gasteiger partial charge in [0.25, 0.3) is 0 Å². The third-order valence-corrected chi connectivity index (χ3v) is 5.83. The van der Waals surface area contributed by atoms with Crippen molar-refractivity contribution in [2.24, 2.45) is 5.10 Å². The average Bonchev–Trinajstić information content (AvgIpc) is 2.92. The van der Waals surface area contributed by atoms with Gasteiger partial charge in [0.2, 0.25) is 0 Å². The molecule has 0 fully saturated rings. The van der Waals surface area contributed by atoms with Crippen LogP contribution < -0.4 is 5.43 Å². The summed E-state index contributed by atoms with van der Waals surface area (Å²) < 4.78 is 28.7. The Balaban J connectivity index is 1.61. The van der Waals surface area contributed by atoms with Crippen LogP contribution in [-0.2, 0) is 4.79 Å². The van der Waals surface area contributed by atoms with E-state index in [0.717, 1.165) is 22.4 Å². The lowest BCUT2D eigenvalue weighted by Gasteiger charge is -2.32. The maximum Gasteiger partial charge on any atom is 0.317 e. The van der Waals surface area contributed by atoms with Crippen molar-refractivity contribution in [1.82, 2.24) is 15.2 Å². The van der Waals surface area contributed by atoms with E-state index in [2.05, 4.69) is 10.5 Å². The van der Waals surface area contributed by atoms with Crippen LogP contribution in [0.1, 0.15) is 23.1 Å². The molecule has 0 saturated heterocycles. The Labute approximate surface area is 172 Å². The number of allylic oxidation sites excluding steroid dienone is 2. The molecule has 3 aliphatic heterocycles. The Bertz CT molecular complexity index is 1130. The molecular formula is C22H20F2N4O2. The normalized spacial score (nSPS) is 20.4. The summed E-state index contributed by atoms with van der Waals surface area (Å²) in [5.41, 5.74) is 8.71. The monoisotopic (exact) mass is 410 g/mol. The van der Waals surface area contributed by atoms with E-state index in [0.29, 0.717) is 42.9 Å². The van der Waals surface area contributed by atoms with Crippen molar-refractivity contribution >= 4 is 23.1 Å². The lowest BCUT2D eigenvalue weighted by molar-refractivity contribution is -0.138. The Hall–Kier alpha value is -3.26. The number of hydrogen-bond donors (Lipinski definition) is 2. The standard InChI is InChI=1S/C22H20F2N4O2/c1-27-9-16(12-2-4-28(5-3-12)11-20(29)30)22-17(10-27)14-6-13(23)7-15-18(24)8-19(21(14)15)25-26-22/h2,6-8,10,26H,3-5,9,11H2,1H3,(H,29,30). The minimum absolute atomic E-state index is 0.0139. The lowest BCUT2D eigenvalue weighted by atomic mass is 9.87. The summed E-state index contributed by atoms with van der Waals surface area (Å²) in [4.78, 5) is 14.9. The van der Waals surface area contributed by atoms with Gasteiger partial charge in [0, 0.05) is 61.2 Å². The number of hydrazone groups is 1. The number of nitrogens with zero attached hydrogens (tertiary/aromatic N) is 3. The first kappa shape index (κ1) is 18.7. The zero-order chi connectivity index (χ0) is 21.0. The van der Waals surface area contributed by atoms with Gasteiger partial charge in [-0.05, 0) is 29.7 Å². The molecular weight excluding hydrogens is 390 g/mol. The summed E-state index contributed by atoms with van der Waals surface area (Å²) in [7, 11) is 1.94. The molecule has 0 saturated carbocycles. The van der Waals surface area contributed by atoms with E-state index in [1.54, 1.807) is 0 Å². The summed E-state index contributed by atoms with van der Waals surface area (Å²) in [5, 5.41) is 13.4. The number of carboxylic acids is 1. The van der Waals surface area contributed by atoms with Crippen LogP contribution >= 0.6 is 0 Å². The van der Waals surface area contributed by atoms with E-state index in [9.17, 15) is 13.6 Å². The van der Waals surface area contributed by atoms with Gasteiger partial charge in [0.1, 0.15) is 11.6 Å². The van der Waals surface area contributed by atoms with E-state index in [4.69, 9.17) is 5.11 Å². The van der Waals surface area contributed by atoms with Crippen LogP contribution in [0.2, 0.25) is 0 Å². The smallest absolute Gasteiger partial charge is 0.317 e. The van der Waals surface area contributed by atoms with E-state index in [1.165, 1.54) is 18.2 Å². The van der Waals surface area contributed by atoms with Crippen molar-refractivity contribution in [2.75, 3.05) is 33.2 Å². The number of fused-ring (bicyclic) bond motifs is 2. The molecule has 1 aliphatic carbocycles. The minimum atomic E-state index is -0.840. The highest BCUT2D eigenvalue weighted by Crippen LogP contribution is 2.41. The lowest BCUT2D eigenvalue weighted by Crippen LogP contribution is -2.35. The van der Waals surface area contributed by atoms with E-state index in [1.807, 2.05) is 29.1 Å². The minimum Gasteiger partial charge on any atom is -0.480 e. The van der Waals surface area contributed by atoms with Crippen LogP contribution in [0.5, 0.6) is 0 Å². The molecule has 0 bridgehead atoms. The molecule has 154 valence electrons. The number of benzene rings is 1. The highest BCUT2D eigenvalue weighted by molar-refractivity contribution is 6.21. The number of aliphatic carboxylic acids is 1. The predicted molar refractivity (Wildman–Crippen MR) is 110 cm³/mol. The van der Waals surface area contributed by atoms with Crippen LogP contribution in [-0.4, -0.2) is 59.8 Å². The van der Waals surface area contributed by atoms with Gasteiger partial charge >= 0.3 is 5.97 Å². The molecule has 0 amide bonds. The quantitative estimate of drug-likeness (QED) is 0.802. The van der Waals surface area contributed by atoms with Crippen molar-refractivity contribution in [1.29, 1.82) is 0 Å². The number of halogens is 2. The topological polar surface area (TPSA) is 68.2 Å². The molecule has 0 radical (unpaired) electrons. The first-order chi connectivity index (χ1) is 14.4. The number of nitrogens with one attached hydrogen (secondary N) is 1. The second-order valence-electron chi connectivity index (χ2n) is 7.90. The molecule has 0 spiro atoms. The van der Waals surface area contributed by atoms with Crippen LogP contribution in [0.25, 0.3) is 11.4 Å². The molecule has 5 rings (SSSR count). The highest BCUT2D eigenvalue weighted by Gasteiger charge is 2.33. The average molecular weight is 410 g/mol. The Morgan fingerprint density at radius 2 is 2.10 bits per heavy atom.